The van der Waals surface area contributed by atoms with Gasteiger partial charge in [-0.1, -0.05) is 52.4 Å². The van der Waals surface area contributed by atoms with Crippen LogP contribution in [-0.4, -0.2) is 13.6 Å². The summed E-state index contributed by atoms with van der Waals surface area (Å²) >= 11 is 0. The van der Waals surface area contributed by atoms with Crippen LogP contribution in [0.4, 0.5) is 0 Å². The van der Waals surface area contributed by atoms with Gasteiger partial charge < -0.3 is 5.32 Å². The number of rotatable bonds is 9. The highest BCUT2D eigenvalue weighted by Crippen LogP contribution is 2.15. The molecule has 1 nitrogen and oxygen atoms in total. The van der Waals surface area contributed by atoms with Crippen LogP contribution in [0.5, 0.6) is 0 Å². The van der Waals surface area contributed by atoms with Crippen molar-refractivity contribution in [2.24, 2.45) is 5.92 Å². The first kappa shape index (κ1) is 13.0. The second kappa shape index (κ2) is 10.0. The fourth-order valence-electron chi connectivity index (χ4n) is 1.67. The minimum absolute atomic E-state index is 0.953. The van der Waals surface area contributed by atoms with E-state index in [4.69, 9.17) is 0 Å². The van der Waals surface area contributed by atoms with E-state index in [-0.39, 0.29) is 0 Å². The van der Waals surface area contributed by atoms with Crippen LogP contribution >= 0.6 is 0 Å². The van der Waals surface area contributed by atoms with Gasteiger partial charge in [-0.2, -0.15) is 0 Å². The zero-order valence-electron chi connectivity index (χ0n) is 9.73. The van der Waals surface area contributed by atoms with E-state index in [1.165, 1.54) is 51.5 Å². The molecule has 0 heterocycles. The first-order valence-electron chi connectivity index (χ1n) is 5.95. The maximum absolute atomic E-state index is 3.19. The van der Waals surface area contributed by atoms with Gasteiger partial charge in [-0.25, -0.2) is 0 Å². The van der Waals surface area contributed by atoms with E-state index >= 15 is 0 Å². The van der Waals surface area contributed by atoms with Crippen LogP contribution in [0.2, 0.25) is 0 Å². The SMILES string of the molecule is CCCCC(C)CCCCCNC. The molecule has 0 rings (SSSR count). The van der Waals surface area contributed by atoms with Gasteiger partial charge >= 0.3 is 0 Å². The summed E-state index contributed by atoms with van der Waals surface area (Å²) in [5.41, 5.74) is 0. The molecule has 0 radical (unpaired) electrons. The van der Waals surface area contributed by atoms with Crippen molar-refractivity contribution in [3.63, 3.8) is 0 Å². The van der Waals surface area contributed by atoms with Gasteiger partial charge in [0.2, 0.25) is 0 Å². The van der Waals surface area contributed by atoms with Crippen molar-refractivity contribution < 1.29 is 0 Å². The standard InChI is InChI=1S/C12H27N/c1-4-5-9-12(2)10-7-6-8-11-13-3/h12-13H,4-11H2,1-3H3. The van der Waals surface area contributed by atoms with Crippen LogP contribution in [0, 0.1) is 5.92 Å². The molecule has 1 atom stereocenters. The van der Waals surface area contributed by atoms with E-state index in [1.54, 1.807) is 0 Å². The van der Waals surface area contributed by atoms with Crippen molar-refractivity contribution in [3.8, 4) is 0 Å². The smallest absolute Gasteiger partial charge is 0.00519 e. The molecule has 1 unspecified atom stereocenters. The molecule has 0 aliphatic heterocycles. The van der Waals surface area contributed by atoms with Crippen LogP contribution < -0.4 is 5.32 Å². The van der Waals surface area contributed by atoms with Crippen molar-refractivity contribution in [1.82, 2.24) is 5.32 Å². The van der Waals surface area contributed by atoms with Crippen LogP contribution in [0.1, 0.15) is 58.8 Å². The quantitative estimate of drug-likeness (QED) is 0.541. The summed E-state index contributed by atoms with van der Waals surface area (Å²) in [4.78, 5) is 0. The molecule has 0 amide bonds. The summed E-state index contributed by atoms with van der Waals surface area (Å²) in [6.07, 6.45) is 9.80. The van der Waals surface area contributed by atoms with Crippen molar-refractivity contribution in [1.29, 1.82) is 0 Å². The molecule has 0 aromatic carbocycles. The number of nitrogens with one attached hydrogen (secondary N) is 1. The largest absolute Gasteiger partial charge is 0.320 e. The Kier molecular flexibility index (Phi) is 10.0. The lowest BCUT2D eigenvalue weighted by Crippen LogP contribution is -2.07. The van der Waals surface area contributed by atoms with Gasteiger partial charge in [0, 0.05) is 0 Å². The van der Waals surface area contributed by atoms with E-state index in [1.807, 2.05) is 7.05 Å². The Morgan fingerprint density at radius 2 is 1.69 bits per heavy atom. The van der Waals surface area contributed by atoms with Crippen LogP contribution in [0.25, 0.3) is 0 Å². The third-order valence-electron chi connectivity index (χ3n) is 2.67. The Morgan fingerprint density at radius 3 is 2.31 bits per heavy atom. The number of hydrogen-bond donors (Lipinski definition) is 1. The zero-order chi connectivity index (χ0) is 9.94. The highest BCUT2D eigenvalue weighted by molar-refractivity contribution is 4.54. The van der Waals surface area contributed by atoms with Gasteiger partial charge in [-0.05, 0) is 25.9 Å². The molecule has 0 aliphatic carbocycles. The summed E-state index contributed by atoms with van der Waals surface area (Å²) in [7, 11) is 2.03. The molecule has 0 aromatic heterocycles. The molecule has 0 bridgehead atoms. The Bertz CT molecular complexity index is 91.1. The normalized spacial score (nSPS) is 13.2. The molecule has 0 aromatic rings. The molecule has 0 saturated carbocycles. The van der Waals surface area contributed by atoms with Crippen molar-refractivity contribution in [2.75, 3.05) is 13.6 Å². The number of unbranched alkanes of at least 4 members (excludes halogenated alkanes) is 3. The van der Waals surface area contributed by atoms with Crippen LogP contribution in [0.3, 0.4) is 0 Å². The maximum atomic E-state index is 3.19. The Labute approximate surface area is 84.3 Å². The molecule has 0 saturated heterocycles. The second-order valence-corrected chi connectivity index (χ2v) is 4.20. The molecule has 1 heteroatoms. The molecule has 80 valence electrons. The minimum Gasteiger partial charge on any atom is -0.320 e. The van der Waals surface area contributed by atoms with Gasteiger partial charge in [0.25, 0.3) is 0 Å². The summed E-state index contributed by atoms with van der Waals surface area (Å²) < 4.78 is 0. The molecular weight excluding hydrogens is 158 g/mol. The Morgan fingerprint density at radius 1 is 1.00 bits per heavy atom. The summed E-state index contributed by atoms with van der Waals surface area (Å²) in [5, 5.41) is 3.19. The fraction of sp³-hybridized carbons (Fsp3) is 1.00. The molecule has 0 aliphatic rings. The Balaban J connectivity index is 3.03. The first-order chi connectivity index (χ1) is 6.31. The third kappa shape index (κ3) is 9.88. The van der Waals surface area contributed by atoms with E-state index in [0.29, 0.717) is 0 Å². The van der Waals surface area contributed by atoms with E-state index < -0.39 is 0 Å². The lowest BCUT2D eigenvalue weighted by Gasteiger charge is -2.09. The van der Waals surface area contributed by atoms with Gasteiger partial charge in [0.05, 0.1) is 0 Å². The van der Waals surface area contributed by atoms with Crippen LogP contribution in [-0.2, 0) is 0 Å². The second-order valence-electron chi connectivity index (χ2n) is 4.20. The van der Waals surface area contributed by atoms with Crippen molar-refractivity contribution in [3.05, 3.63) is 0 Å². The van der Waals surface area contributed by atoms with Gasteiger partial charge in [0.15, 0.2) is 0 Å². The maximum Gasteiger partial charge on any atom is -0.00519 e. The van der Waals surface area contributed by atoms with Crippen LogP contribution in [0.15, 0.2) is 0 Å². The lowest BCUT2D eigenvalue weighted by atomic mass is 9.97. The fourth-order valence-corrected chi connectivity index (χ4v) is 1.67. The highest BCUT2D eigenvalue weighted by Gasteiger charge is 2.00. The van der Waals surface area contributed by atoms with Gasteiger partial charge in [-0.15, -0.1) is 0 Å². The highest BCUT2D eigenvalue weighted by atomic mass is 14.8. The lowest BCUT2D eigenvalue weighted by molar-refractivity contribution is 0.444. The molecule has 0 spiro atoms. The first-order valence-corrected chi connectivity index (χ1v) is 5.95. The Hall–Kier alpha value is -0.0400. The molecule has 1 N–H and O–H groups in total. The predicted molar refractivity (Wildman–Crippen MR) is 61.1 cm³/mol. The average molecular weight is 185 g/mol. The van der Waals surface area contributed by atoms with E-state index in [2.05, 4.69) is 19.2 Å². The van der Waals surface area contributed by atoms with Crippen molar-refractivity contribution in [2.45, 2.75) is 58.8 Å². The van der Waals surface area contributed by atoms with E-state index in [9.17, 15) is 0 Å². The average Bonchev–Trinajstić information content (AvgIpc) is 2.14. The topological polar surface area (TPSA) is 12.0 Å². The van der Waals surface area contributed by atoms with Gasteiger partial charge in [-0.3, -0.25) is 0 Å². The van der Waals surface area contributed by atoms with Gasteiger partial charge in [0.1, 0.15) is 0 Å². The number of hydrogen-bond acceptors (Lipinski definition) is 1. The van der Waals surface area contributed by atoms with Crippen molar-refractivity contribution >= 4 is 0 Å². The molecular formula is C12H27N. The molecule has 0 fully saturated rings. The monoisotopic (exact) mass is 185 g/mol. The molecule has 13 heavy (non-hydrogen) atoms. The zero-order valence-corrected chi connectivity index (χ0v) is 9.73. The summed E-state index contributed by atoms with van der Waals surface area (Å²) in [6.45, 7) is 5.86. The summed E-state index contributed by atoms with van der Waals surface area (Å²) in [6, 6.07) is 0. The summed E-state index contributed by atoms with van der Waals surface area (Å²) in [5.74, 6) is 0.953. The van der Waals surface area contributed by atoms with E-state index in [0.717, 1.165) is 5.92 Å². The minimum atomic E-state index is 0.953. The third-order valence-corrected chi connectivity index (χ3v) is 2.67. The predicted octanol–water partition coefficient (Wildman–Crippen LogP) is 3.59.